The molecule has 0 heterocycles. The first-order valence-corrected chi connectivity index (χ1v) is 7.06. The summed E-state index contributed by atoms with van der Waals surface area (Å²) < 4.78 is 52.1. The molecule has 0 radical (unpaired) electrons. The van der Waals surface area contributed by atoms with E-state index in [4.69, 9.17) is 5.73 Å². The van der Waals surface area contributed by atoms with Crippen LogP contribution in [-0.4, -0.2) is 15.5 Å². The molecule has 4 nitrogen and oxygen atoms in total. The lowest BCUT2D eigenvalue weighted by Crippen LogP contribution is -2.27. The second kappa shape index (κ2) is 5.09. The Morgan fingerprint density at radius 1 is 1.05 bits per heavy atom. The van der Waals surface area contributed by atoms with Gasteiger partial charge in [0.2, 0.25) is 0 Å². The number of sulfonamides is 1. The molecule has 0 spiro atoms. The van der Waals surface area contributed by atoms with Gasteiger partial charge >= 0.3 is 0 Å². The van der Waals surface area contributed by atoms with Crippen molar-refractivity contribution in [2.75, 3.05) is 17.1 Å². The highest BCUT2D eigenvalue weighted by atomic mass is 32.2. The topological polar surface area (TPSA) is 63.4 Å². The summed E-state index contributed by atoms with van der Waals surface area (Å²) in [6, 6.07) is 8.17. The lowest BCUT2D eigenvalue weighted by atomic mass is 10.3. The fraction of sp³-hybridized carbons (Fsp3) is 0.0769. The van der Waals surface area contributed by atoms with E-state index in [1.54, 1.807) is 0 Å². The number of halogens is 2. The maximum absolute atomic E-state index is 13.7. The number of hydrogen-bond donors (Lipinski definition) is 1. The van der Waals surface area contributed by atoms with Crippen LogP contribution in [0.4, 0.5) is 20.2 Å². The summed E-state index contributed by atoms with van der Waals surface area (Å²) in [7, 11) is -2.81. The van der Waals surface area contributed by atoms with Crippen molar-refractivity contribution in [2.45, 2.75) is 4.90 Å². The van der Waals surface area contributed by atoms with Crippen LogP contribution in [0.25, 0.3) is 0 Å². The number of nitrogen functional groups attached to an aromatic ring is 1. The molecule has 20 heavy (non-hydrogen) atoms. The van der Waals surface area contributed by atoms with Crippen molar-refractivity contribution in [3.05, 3.63) is 54.1 Å². The SMILES string of the molecule is CN(c1ccc(F)cc1)S(=O)(=O)c1ccc(N)cc1F. The van der Waals surface area contributed by atoms with Gasteiger partial charge in [-0.3, -0.25) is 4.31 Å². The second-order valence-electron chi connectivity index (χ2n) is 4.14. The lowest BCUT2D eigenvalue weighted by molar-refractivity contribution is 0.566. The molecular weight excluding hydrogens is 286 g/mol. The first-order valence-electron chi connectivity index (χ1n) is 5.62. The molecule has 0 aliphatic rings. The molecule has 2 aromatic rings. The van der Waals surface area contributed by atoms with E-state index >= 15 is 0 Å². The van der Waals surface area contributed by atoms with Crippen LogP contribution in [-0.2, 0) is 10.0 Å². The van der Waals surface area contributed by atoms with Gasteiger partial charge in [-0.25, -0.2) is 17.2 Å². The quantitative estimate of drug-likeness (QED) is 0.885. The summed E-state index contributed by atoms with van der Waals surface area (Å²) >= 11 is 0. The molecule has 106 valence electrons. The van der Waals surface area contributed by atoms with Gasteiger partial charge in [-0.15, -0.1) is 0 Å². The van der Waals surface area contributed by atoms with Crippen LogP contribution in [0.3, 0.4) is 0 Å². The summed E-state index contributed by atoms with van der Waals surface area (Å²) in [5, 5.41) is 0. The highest BCUT2D eigenvalue weighted by molar-refractivity contribution is 7.92. The van der Waals surface area contributed by atoms with Gasteiger partial charge in [0.1, 0.15) is 16.5 Å². The number of rotatable bonds is 3. The summed E-state index contributed by atoms with van der Waals surface area (Å²) in [6.07, 6.45) is 0. The molecular formula is C13H12F2N2O2S. The van der Waals surface area contributed by atoms with Crippen molar-refractivity contribution in [3.63, 3.8) is 0 Å². The molecule has 2 aromatic carbocycles. The van der Waals surface area contributed by atoms with Crippen molar-refractivity contribution in [2.24, 2.45) is 0 Å². The zero-order chi connectivity index (χ0) is 14.9. The molecule has 0 atom stereocenters. The third-order valence-corrected chi connectivity index (χ3v) is 4.60. The van der Waals surface area contributed by atoms with E-state index in [2.05, 4.69) is 0 Å². The molecule has 0 aliphatic carbocycles. The molecule has 7 heteroatoms. The number of nitrogens with zero attached hydrogens (tertiary/aromatic N) is 1. The Bertz CT molecular complexity index is 731. The molecule has 0 fully saturated rings. The van der Waals surface area contributed by atoms with E-state index in [9.17, 15) is 17.2 Å². The standard InChI is InChI=1S/C13H12F2N2O2S/c1-17(11-5-2-9(14)3-6-11)20(18,19)13-7-4-10(16)8-12(13)15/h2-8H,16H2,1H3. The Morgan fingerprint density at radius 2 is 1.65 bits per heavy atom. The third-order valence-electron chi connectivity index (χ3n) is 2.78. The van der Waals surface area contributed by atoms with Crippen LogP contribution in [0.15, 0.2) is 47.4 Å². The summed E-state index contributed by atoms with van der Waals surface area (Å²) in [5.74, 6) is -1.42. The van der Waals surface area contributed by atoms with Gasteiger partial charge in [0, 0.05) is 12.7 Å². The van der Waals surface area contributed by atoms with Gasteiger partial charge in [-0.2, -0.15) is 0 Å². The van der Waals surface area contributed by atoms with Crippen LogP contribution in [0.1, 0.15) is 0 Å². The first-order chi connectivity index (χ1) is 9.32. The summed E-state index contributed by atoms with van der Waals surface area (Å²) in [5.41, 5.74) is 5.74. The van der Waals surface area contributed by atoms with Crippen LogP contribution < -0.4 is 10.0 Å². The monoisotopic (exact) mass is 298 g/mol. The van der Waals surface area contributed by atoms with Gasteiger partial charge in [0.15, 0.2) is 0 Å². The summed E-state index contributed by atoms with van der Waals surface area (Å²) in [4.78, 5) is -0.487. The molecule has 0 amide bonds. The average Bonchev–Trinajstić information content (AvgIpc) is 2.38. The van der Waals surface area contributed by atoms with E-state index in [0.29, 0.717) is 0 Å². The predicted molar refractivity (Wildman–Crippen MR) is 72.8 cm³/mol. The largest absolute Gasteiger partial charge is 0.399 e. The van der Waals surface area contributed by atoms with Gasteiger partial charge in [0.05, 0.1) is 5.69 Å². The Kier molecular flexibility index (Phi) is 3.63. The van der Waals surface area contributed by atoms with Crippen molar-refractivity contribution < 1.29 is 17.2 Å². The molecule has 2 N–H and O–H groups in total. The van der Waals surface area contributed by atoms with Crippen molar-refractivity contribution >= 4 is 21.4 Å². The molecule has 0 aliphatic heterocycles. The normalized spacial score (nSPS) is 11.3. The molecule has 0 saturated carbocycles. The van der Waals surface area contributed by atoms with Crippen molar-refractivity contribution in [1.29, 1.82) is 0 Å². The van der Waals surface area contributed by atoms with E-state index < -0.39 is 26.6 Å². The van der Waals surface area contributed by atoms with E-state index in [-0.39, 0.29) is 11.4 Å². The lowest BCUT2D eigenvalue weighted by Gasteiger charge is -2.19. The van der Waals surface area contributed by atoms with Gasteiger partial charge in [-0.1, -0.05) is 0 Å². The van der Waals surface area contributed by atoms with Gasteiger partial charge < -0.3 is 5.73 Å². The Labute approximate surface area is 115 Å². The number of benzene rings is 2. The zero-order valence-corrected chi connectivity index (χ0v) is 11.4. The van der Waals surface area contributed by atoms with Crippen LogP contribution in [0, 0.1) is 11.6 Å². The maximum atomic E-state index is 13.7. The van der Waals surface area contributed by atoms with Crippen molar-refractivity contribution in [1.82, 2.24) is 0 Å². The van der Waals surface area contributed by atoms with Gasteiger partial charge in [0.25, 0.3) is 10.0 Å². The minimum atomic E-state index is -4.07. The zero-order valence-electron chi connectivity index (χ0n) is 10.5. The highest BCUT2D eigenvalue weighted by Gasteiger charge is 2.24. The van der Waals surface area contributed by atoms with Crippen LogP contribution in [0.5, 0.6) is 0 Å². The Hall–Kier alpha value is -2.15. The fourth-order valence-corrected chi connectivity index (χ4v) is 2.90. The maximum Gasteiger partial charge on any atom is 0.266 e. The first kappa shape index (κ1) is 14.3. The molecule has 0 unspecified atom stereocenters. The van der Waals surface area contributed by atoms with Crippen LogP contribution in [0.2, 0.25) is 0 Å². The molecule has 0 aromatic heterocycles. The van der Waals surface area contributed by atoms with Gasteiger partial charge in [-0.05, 0) is 42.5 Å². The number of hydrogen-bond acceptors (Lipinski definition) is 3. The predicted octanol–water partition coefficient (Wildman–Crippen LogP) is 2.37. The second-order valence-corrected chi connectivity index (χ2v) is 6.08. The molecule has 0 saturated heterocycles. The molecule has 2 rings (SSSR count). The van der Waals surface area contributed by atoms with E-state index in [1.165, 1.54) is 25.2 Å². The number of anilines is 2. The Morgan fingerprint density at radius 3 is 2.20 bits per heavy atom. The van der Waals surface area contributed by atoms with E-state index in [0.717, 1.165) is 28.6 Å². The minimum Gasteiger partial charge on any atom is -0.399 e. The molecule has 0 bridgehead atoms. The third kappa shape index (κ3) is 2.57. The minimum absolute atomic E-state index is 0.130. The smallest absolute Gasteiger partial charge is 0.266 e. The van der Waals surface area contributed by atoms with Crippen LogP contribution >= 0.6 is 0 Å². The van der Waals surface area contributed by atoms with E-state index in [1.807, 2.05) is 0 Å². The summed E-state index contributed by atoms with van der Waals surface area (Å²) in [6.45, 7) is 0. The number of nitrogens with two attached hydrogens (primary N) is 1. The Balaban J connectivity index is 2.46. The van der Waals surface area contributed by atoms with Crippen molar-refractivity contribution in [3.8, 4) is 0 Å². The average molecular weight is 298 g/mol. The highest BCUT2D eigenvalue weighted by Crippen LogP contribution is 2.25. The fourth-order valence-electron chi connectivity index (χ4n) is 1.66.